The van der Waals surface area contributed by atoms with Gasteiger partial charge in [0.15, 0.2) is 0 Å². The molecule has 1 aliphatic carbocycles. The molecule has 1 saturated heterocycles. The van der Waals surface area contributed by atoms with E-state index in [9.17, 15) is 5.11 Å². The summed E-state index contributed by atoms with van der Waals surface area (Å²) < 4.78 is 0. The van der Waals surface area contributed by atoms with Crippen molar-refractivity contribution in [1.82, 2.24) is 9.80 Å². The lowest BCUT2D eigenvalue weighted by molar-refractivity contribution is -0.0608. The topological polar surface area (TPSA) is 26.7 Å². The minimum absolute atomic E-state index is 0.362. The van der Waals surface area contributed by atoms with Crippen LogP contribution in [0.1, 0.15) is 43.2 Å². The Morgan fingerprint density at radius 2 is 1.52 bits per heavy atom. The van der Waals surface area contributed by atoms with Crippen molar-refractivity contribution in [3.63, 3.8) is 0 Å². The van der Waals surface area contributed by atoms with E-state index in [1.807, 2.05) is 0 Å². The smallest absolute Gasteiger partial charge is 0.0925 e. The fraction of sp³-hybridized carbons (Fsp3) is 0.538. The maximum absolute atomic E-state index is 11.7. The number of rotatable bonds is 5. The number of hydrogen-bond acceptors (Lipinski definition) is 3. The third kappa shape index (κ3) is 4.74. The van der Waals surface area contributed by atoms with Crippen LogP contribution >= 0.6 is 0 Å². The molecule has 2 atom stereocenters. The maximum Gasteiger partial charge on any atom is 0.0925 e. The average Bonchev–Trinajstić information content (AvgIpc) is 2.75. The van der Waals surface area contributed by atoms with E-state index in [1.165, 1.54) is 23.1 Å². The lowest BCUT2D eigenvalue weighted by atomic mass is 9.70. The van der Waals surface area contributed by atoms with Gasteiger partial charge in [-0.3, -0.25) is 0 Å². The molecule has 0 radical (unpaired) electrons. The summed E-state index contributed by atoms with van der Waals surface area (Å²) in [6.07, 6.45) is 5.51. The lowest BCUT2D eigenvalue weighted by Gasteiger charge is -2.42. The monoisotopic (exact) mass is 392 g/mol. The average molecular weight is 393 g/mol. The van der Waals surface area contributed by atoms with Crippen LogP contribution in [0.3, 0.4) is 0 Å². The van der Waals surface area contributed by atoms with E-state index in [2.05, 4.69) is 72.3 Å². The fourth-order valence-electron chi connectivity index (χ4n) is 5.10. The van der Waals surface area contributed by atoms with E-state index in [1.54, 1.807) is 0 Å². The summed E-state index contributed by atoms with van der Waals surface area (Å²) in [5.41, 5.74) is 4.18. The first-order valence-electron chi connectivity index (χ1n) is 11.4. The van der Waals surface area contributed by atoms with Crippen LogP contribution in [0.4, 0.5) is 0 Å². The number of aryl methyl sites for hydroxylation is 1. The second kappa shape index (κ2) is 8.99. The molecule has 3 heteroatoms. The maximum atomic E-state index is 11.7. The molecule has 1 aliphatic heterocycles. The van der Waals surface area contributed by atoms with E-state index in [-0.39, 0.29) is 0 Å². The Morgan fingerprint density at radius 1 is 0.897 bits per heavy atom. The summed E-state index contributed by atoms with van der Waals surface area (Å²) in [5.74, 6) is 0.362. The van der Waals surface area contributed by atoms with Gasteiger partial charge in [0.2, 0.25) is 0 Å². The lowest BCUT2D eigenvalue weighted by Crippen LogP contribution is -2.46. The SMILES string of the molecule is Cc1ccc(-c2ccc(C3(O)CCCCC3CCN3CCN(C)CC3)cc2)cc1. The van der Waals surface area contributed by atoms with Gasteiger partial charge < -0.3 is 14.9 Å². The Labute approximate surface area is 176 Å². The Morgan fingerprint density at radius 3 is 2.17 bits per heavy atom. The largest absolute Gasteiger partial charge is 0.385 e. The van der Waals surface area contributed by atoms with E-state index in [0.29, 0.717) is 5.92 Å². The number of piperazine rings is 1. The molecule has 0 bridgehead atoms. The highest BCUT2D eigenvalue weighted by atomic mass is 16.3. The zero-order valence-electron chi connectivity index (χ0n) is 18.1. The predicted molar refractivity (Wildman–Crippen MR) is 121 cm³/mol. The third-order valence-electron chi connectivity index (χ3n) is 7.20. The number of nitrogens with zero attached hydrogens (tertiary/aromatic N) is 2. The van der Waals surface area contributed by atoms with Crippen LogP contribution in [-0.4, -0.2) is 54.7 Å². The zero-order valence-corrected chi connectivity index (χ0v) is 18.1. The minimum atomic E-state index is -0.670. The molecular formula is C26H36N2O. The van der Waals surface area contributed by atoms with Crippen LogP contribution in [0.5, 0.6) is 0 Å². The van der Waals surface area contributed by atoms with Gasteiger partial charge in [0.05, 0.1) is 5.60 Å². The molecule has 2 fully saturated rings. The summed E-state index contributed by atoms with van der Waals surface area (Å²) in [6, 6.07) is 17.4. The van der Waals surface area contributed by atoms with Gasteiger partial charge >= 0.3 is 0 Å². The third-order valence-corrected chi connectivity index (χ3v) is 7.20. The van der Waals surface area contributed by atoms with Crippen LogP contribution in [-0.2, 0) is 5.60 Å². The Hall–Kier alpha value is -1.68. The van der Waals surface area contributed by atoms with Gasteiger partial charge in [-0.25, -0.2) is 0 Å². The molecule has 2 aromatic rings. The summed E-state index contributed by atoms with van der Waals surface area (Å²) >= 11 is 0. The molecule has 2 aromatic carbocycles. The highest BCUT2D eigenvalue weighted by Gasteiger charge is 2.40. The van der Waals surface area contributed by atoms with Gasteiger partial charge in [0.1, 0.15) is 0 Å². The van der Waals surface area contributed by atoms with E-state index in [0.717, 1.165) is 64.0 Å². The van der Waals surface area contributed by atoms with Gasteiger partial charge in [-0.1, -0.05) is 66.9 Å². The van der Waals surface area contributed by atoms with Gasteiger partial charge in [0.25, 0.3) is 0 Å². The summed E-state index contributed by atoms with van der Waals surface area (Å²) in [4.78, 5) is 4.98. The number of aliphatic hydroxyl groups is 1. The molecule has 3 nitrogen and oxygen atoms in total. The molecule has 2 aliphatic rings. The van der Waals surface area contributed by atoms with Crippen molar-refractivity contribution in [1.29, 1.82) is 0 Å². The van der Waals surface area contributed by atoms with Crippen LogP contribution in [0.2, 0.25) is 0 Å². The summed E-state index contributed by atoms with van der Waals surface area (Å²) in [6.45, 7) is 7.88. The Kier molecular flexibility index (Phi) is 6.38. The van der Waals surface area contributed by atoms with Gasteiger partial charge in [0, 0.05) is 26.2 Å². The van der Waals surface area contributed by atoms with Crippen molar-refractivity contribution in [3.8, 4) is 11.1 Å². The number of hydrogen-bond donors (Lipinski definition) is 1. The summed E-state index contributed by atoms with van der Waals surface area (Å²) in [5, 5.41) is 11.7. The first kappa shape index (κ1) is 20.6. The molecule has 1 heterocycles. The molecule has 29 heavy (non-hydrogen) atoms. The van der Waals surface area contributed by atoms with E-state index in [4.69, 9.17) is 0 Å². The number of benzene rings is 2. The van der Waals surface area contributed by atoms with Gasteiger partial charge in [-0.15, -0.1) is 0 Å². The standard InChI is InChI=1S/C26H36N2O/c1-21-6-8-22(9-7-21)23-10-12-25(13-11-23)26(29)15-4-3-5-24(26)14-16-28-19-17-27(2)18-20-28/h6-13,24,29H,3-5,14-20H2,1-2H3. The first-order chi connectivity index (χ1) is 14.0. The predicted octanol–water partition coefficient (Wildman–Crippen LogP) is 4.68. The molecular weight excluding hydrogens is 356 g/mol. The fourth-order valence-corrected chi connectivity index (χ4v) is 5.10. The van der Waals surface area contributed by atoms with Gasteiger partial charge in [-0.05, 0) is 62.4 Å². The van der Waals surface area contributed by atoms with Crippen molar-refractivity contribution < 1.29 is 5.11 Å². The molecule has 0 amide bonds. The summed E-state index contributed by atoms with van der Waals surface area (Å²) in [7, 11) is 2.21. The van der Waals surface area contributed by atoms with Crippen molar-refractivity contribution in [2.45, 2.75) is 44.6 Å². The van der Waals surface area contributed by atoms with Crippen LogP contribution in [0.15, 0.2) is 48.5 Å². The zero-order chi connectivity index (χ0) is 20.3. The molecule has 4 rings (SSSR count). The van der Waals surface area contributed by atoms with Crippen molar-refractivity contribution >= 4 is 0 Å². The van der Waals surface area contributed by atoms with Crippen molar-refractivity contribution in [2.75, 3.05) is 39.8 Å². The van der Waals surface area contributed by atoms with E-state index < -0.39 is 5.60 Å². The Bertz CT molecular complexity index is 777. The molecule has 0 spiro atoms. The molecule has 2 unspecified atom stereocenters. The van der Waals surface area contributed by atoms with Crippen molar-refractivity contribution in [2.24, 2.45) is 5.92 Å². The van der Waals surface area contributed by atoms with Crippen LogP contribution < -0.4 is 0 Å². The van der Waals surface area contributed by atoms with Crippen LogP contribution in [0.25, 0.3) is 11.1 Å². The minimum Gasteiger partial charge on any atom is -0.385 e. The second-order valence-electron chi connectivity index (χ2n) is 9.24. The quantitative estimate of drug-likeness (QED) is 0.800. The highest BCUT2D eigenvalue weighted by molar-refractivity contribution is 5.64. The highest BCUT2D eigenvalue weighted by Crippen LogP contribution is 2.43. The molecule has 156 valence electrons. The van der Waals surface area contributed by atoms with Crippen LogP contribution in [0, 0.1) is 12.8 Å². The molecule has 0 aromatic heterocycles. The normalized spacial score (nSPS) is 26.5. The first-order valence-corrected chi connectivity index (χ1v) is 11.4. The molecule has 1 N–H and O–H groups in total. The Balaban J connectivity index is 1.46. The van der Waals surface area contributed by atoms with E-state index >= 15 is 0 Å². The second-order valence-corrected chi connectivity index (χ2v) is 9.24. The number of likely N-dealkylation sites (N-methyl/N-ethyl adjacent to an activating group) is 1. The van der Waals surface area contributed by atoms with Crippen molar-refractivity contribution in [3.05, 3.63) is 59.7 Å². The van der Waals surface area contributed by atoms with Gasteiger partial charge in [-0.2, -0.15) is 0 Å². The molecule has 1 saturated carbocycles.